The van der Waals surface area contributed by atoms with Gasteiger partial charge in [-0.15, -0.1) is 0 Å². The molecule has 0 radical (unpaired) electrons. The van der Waals surface area contributed by atoms with Crippen LogP contribution in [0.2, 0.25) is 0 Å². The highest BCUT2D eigenvalue weighted by molar-refractivity contribution is 7.84. The van der Waals surface area contributed by atoms with E-state index >= 15 is 0 Å². The molecule has 0 aliphatic heterocycles. The fourth-order valence-corrected chi connectivity index (χ4v) is 1.59. The fourth-order valence-electron chi connectivity index (χ4n) is 1.14. The minimum absolute atomic E-state index is 0.202. The highest BCUT2D eigenvalue weighted by atomic mass is 32.2. The average molecular weight is 242 g/mol. The van der Waals surface area contributed by atoms with Crippen molar-refractivity contribution in [3.8, 4) is 0 Å². The highest BCUT2D eigenvalue weighted by Crippen LogP contribution is 2.06. The quantitative estimate of drug-likeness (QED) is 0.781. The predicted molar refractivity (Wildman–Crippen MR) is 68.2 cm³/mol. The molecule has 0 spiro atoms. The van der Waals surface area contributed by atoms with E-state index < -0.39 is 10.8 Å². The van der Waals surface area contributed by atoms with Crippen LogP contribution in [-0.4, -0.2) is 39.3 Å². The number of nitrogens with zero attached hydrogens (tertiary/aromatic N) is 2. The largest absolute Gasteiger partial charge is 0.372 e. The van der Waals surface area contributed by atoms with Gasteiger partial charge < -0.3 is 10.6 Å². The molecule has 0 aliphatic carbocycles. The fraction of sp³-hybridized carbons (Fsp3) is 0.600. The summed E-state index contributed by atoms with van der Waals surface area (Å²) in [5.74, 6) is 1.47. The van der Waals surface area contributed by atoms with Crippen molar-refractivity contribution in [1.82, 2.24) is 9.97 Å². The number of hydrogen-bond acceptors (Lipinski definition) is 5. The van der Waals surface area contributed by atoms with Gasteiger partial charge in [0.15, 0.2) is 0 Å². The lowest BCUT2D eigenvalue weighted by Crippen LogP contribution is -2.15. The summed E-state index contributed by atoms with van der Waals surface area (Å²) in [5.41, 5.74) is 0. The lowest BCUT2D eigenvalue weighted by Gasteiger charge is -2.09. The van der Waals surface area contributed by atoms with Crippen molar-refractivity contribution >= 4 is 22.4 Å². The second-order valence-corrected chi connectivity index (χ2v) is 5.37. The molecule has 6 heteroatoms. The molecule has 5 nitrogen and oxygen atoms in total. The number of nitrogens with one attached hydrogen (secondary N) is 2. The van der Waals surface area contributed by atoms with Crippen LogP contribution in [0.4, 0.5) is 11.6 Å². The van der Waals surface area contributed by atoms with Crippen molar-refractivity contribution in [2.45, 2.75) is 18.6 Å². The van der Waals surface area contributed by atoms with Crippen LogP contribution in [0.25, 0.3) is 0 Å². The normalized spacial score (nSPS) is 14.2. The summed E-state index contributed by atoms with van der Waals surface area (Å²) in [6.45, 7) is 2.73. The molecule has 1 aromatic rings. The minimum atomic E-state index is -0.763. The summed E-state index contributed by atoms with van der Waals surface area (Å²) in [5, 5.41) is 6.28. The van der Waals surface area contributed by atoms with E-state index in [4.69, 9.17) is 0 Å². The second-order valence-electron chi connectivity index (χ2n) is 3.56. The van der Waals surface area contributed by atoms with Gasteiger partial charge in [-0.3, -0.25) is 9.19 Å². The third kappa shape index (κ3) is 4.14. The monoisotopic (exact) mass is 242 g/mol. The SMILES string of the molecule is CNc1cncc(NCCC(C)S(C)=O)n1. The van der Waals surface area contributed by atoms with Crippen molar-refractivity contribution in [3.05, 3.63) is 12.4 Å². The van der Waals surface area contributed by atoms with Gasteiger partial charge in [0, 0.05) is 35.9 Å². The molecule has 2 atom stereocenters. The Labute approximate surface area is 98.5 Å². The maximum Gasteiger partial charge on any atom is 0.146 e. The molecule has 0 fully saturated rings. The Bertz CT molecular complexity index is 358. The van der Waals surface area contributed by atoms with Crippen molar-refractivity contribution < 1.29 is 4.21 Å². The molecule has 1 rings (SSSR count). The molecule has 16 heavy (non-hydrogen) atoms. The molecule has 0 amide bonds. The highest BCUT2D eigenvalue weighted by Gasteiger charge is 2.05. The third-order valence-electron chi connectivity index (χ3n) is 2.31. The lowest BCUT2D eigenvalue weighted by atomic mass is 10.3. The van der Waals surface area contributed by atoms with E-state index in [1.807, 2.05) is 6.92 Å². The maximum atomic E-state index is 11.1. The van der Waals surface area contributed by atoms with E-state index in [1.165, 1.54) is 0 Å². The number of anilines is 2. The van der Waals surface area contributed by atoms with Gasteiger partial charge in [-0.2, -0.15) is 0 Å². The van der Waals surface area contributed by atoms with Crippen LogP contribution in [0.15, 0.2) is 12.4 Å². The number of rotatable bonds is 6. The van der Waals surface area contributed by atoms with Crippen LogP contribution in [0.5, 0.6) is 0 Å². The van der Waals surface area contributed by atoms with Crippen molar-refractivity contribution in [3.63, 3.8) is 0 Å². The van der Waals surface area contributed by atoms with E-state index in [-0.39, 0.29) is 5.25 Å². The van der Waals surface area contributed by atoms with Gasteiger partial charge in [0.1, 0.15) is 11.6 Å². The first kappa shape index (κ1) is 12.9. The van der Waals surface area contributed by atoms with Crippen LogP contribution in [0.1, 0.15) is 13.3 Å². The van der Waals surface area contributed by atoms with Crippen LogP contribution in [0.3, 0.4) is 0 Å². The Morgan fingerprint density at radius 3 is 2.75 bits per heavy atom. The van der Waals surface area contributed by atoms with Gasteiger partial charge in [0.25, 0.3) is 0 Å². The Hall–Kier alpha value is -1.17. The summed E-state index contributed by atoms with van der Waals surface area (Å²) < 4.78 is 11.1. The van der Waals surface area contributed by atoms with E-state index in [0.29, 0.717) is 0 Å². The van der Waals surface area contributed by atoms with E-state index in [1.54, 1.807) is 25.7 Å². The Morgan fingerprint density at radius 2 is 2.12 bits per heavy atom. The van der Waals surface area contributed by atoms with Gasteiger partial charge in [-0.25, -0.2) is 4.98 Å². The van der Waals surface area contributed by atoms with Gasteiger partial charge in [0.05, 0.1) is 12.4 Å². The first-order chi connectivity index (χ1) is 7.63. The van der Waals surface area contributed by atoms with Crippen molar-refractivity contribution in [1.29, 1.82) is 0 Å². The maximum absolute atomic E-state index is 11.1. The summed E-state index contributed by atoms with van der Waals surface area (Å²) in [4.78, 5) is 8.31. The average Bonchev–Trinajstić information content (AvgIpc) is 2.29. The molecule has 1 aromatic heterocycles. The topological polar surface area (TPSA) is 66.9 Å². The Morgan fingerprint density at radius 1 is 1.44 bits per heavy atom. The molecule has 1 heterocycles. The minimum Gasteiger partial charge on any atom is -0.372 e. The second kappa shape index (κ2) is 6.42. The van der Waals surface area contributed by atoms with Crippen molar-refractivity contribution in [2.75, 3.05) is 30.5 Å². The standard InChI is InChI=1S/C10H18N4OS/c1-8(16(3)15)4-5-13-10-7-12-6-9(11-2)14-10/h6-8H,4-5H2,1-3H3,(H2,11,13,14). The smallest absolute Gasteiger partial charge is 0.146 e. The zero-order valence-electron chi connectivity index (χ0n) is 9.86. The molecule has 0 bridgehead atoms. The third-order valence-corrected chi connectivity index (χ3v) is 3.68. The van der Waals surface area contributed by atoms with Crippen LogP contribution in [0, 0.1) is 0 Å². The first-order valence-electron chi connectivity index (χ1n) is 5.19. The molecule has 2 unspecified atom stereocenters. The van der Waals surface area contributed by atoms with Crippen LogP contribution < -0.4 is 10.6 Å². The Balaban J connectivity index is 2.39. The zero-order valence-corrected chi connectivity index (χ0v) is 10.7. The summed E-state index contributed by atoms with van der Waals surface area (Å²) >= 11 is 0. The van der Waals surface area contributed by atoms with Crippen molar-refractivity contribution in [2.24, 2.45) is 0 Å². The van der Waals surface area contributed by atoms with E-state index in [2.05, 4.69) is 20.6 Å². The molecule has 0 saturated heterocycles. The van der Waals surface area contributed by atoms with Gasteiger partial charge in [0.2, 0.25) is 0 Å². The van der Waals surface area contributed by atoms with E-state index in [9.17, 15) is 4.21 Å². The van der Waals surface area contributed by atoms with Crippen LogP contribution >= 0.6 is 0 Å². The van der Waals surface area contributed by atoms with Crippen LogP contribution in [-0.2, 0) is 10.8 Å². The lowest BCUT2D eigenvalue weighted by molar-refractivity contribution is 0.672. The summed E-state index contributed by atoms with van der Waals surface area (Å²) in [7, 11) is 1.04. The molecule has 2 N–H and O–H groups in total. The molecule has 0 aromatic carbocycles. The van der Waals surface area contributed by atoms with Gasteiger partial charge in [-0.05, 0) is 6.42 Å². The van der Waals surface area contributed by atoms with E-state index in [0.717, 1.165) is 24.6 Å². The summed E-state index contributed by atoms with van der Waals surface area (Å²) in [6.07, 6.45) is 5.92. The summed E-state index contributed by atoms with van der Waals surface area (Å²) in [6, 6.07) is 0. The molecule has 90 valence electrons. The Kier molecular flexibility index (Phi) is 5.18. The first-order valence-corrected chi connectivity index (χ1v) is 6.81. The molecule has 0 saturated carbocycles. The number of aromatic nitrogens is 2. The molecular formula is C10H18N4OS. The zero-order chi connectivity index (χ0) is 12.0. The van der Waals surface area contributed by atoms with Gasteiger partial charge in [-0.1, -0.05) is 6.92 Å². The molecular weight excluding hydrogens is 224 g/mol. The van der Waals surface area contributed by atoms with Gasteiger partial charge >= 0.3 is 0 Å². The molecule has 0 aliphatic rings. The predicted octanol–water partition coefficient (Wildman–Crippen LogP) is 1.09. The number of hydrogen-bond donors (Lipinski definition) is 2.